The van der Waals surface area contributed by atoms with Gasteiger partial charge in [-0.25, -0.2) is 5.01 Å². The van der Waals surface area contributed by atoms with Crippen LogP contribution in [0.3, 0.4) is 0 Å². The molecule has 1 unspecified atom stereocenters. The maximum Gasteiger partial charge on any atom is 0.0242 e. The minimum atomic E-state index is 0.375. The summed E-state index contributed by atoms with van der Waals surface area (Å²) in [7, 11) is 0. The number of nitrogens with two attached hydrogens (primary N) is 1. The van der Waals surface area contributed by atoms with Gasteiger partial charge >= 0.3 is 0 Å². The minimum Gasteiger partial charge on any atom is -0.269 e. The summed E-state index contributed by atoms with van der Waals surface area (Å²) < 4.78 is 0. The maximum atomic E-state index is 5.46. The average molecular weight is 134 g/mol. The van der Waals surface area contributed by atoms with Gasteiger partial charge in [0.25, 0.3) is 0 Å². The SMILES string of the molecule is CCN(N)CC(C)S. The predicted octanol–water partition coefficient (Wildman–Crippen LogP) is 0.500. The van der Waals surface area contributed by atoms with Crippen LogP contribution < -0.4 is 5.84 Å². The van der Waals surface area contributed by atoms with Crippen LogP contribution in [0.15, 0.2) is 0 Å². The van der Waals surface area contributed by atoms with E-state index in [2.05, 4.69) is 12.6 Å². The normalized spacial score (nSPS) is 14.6. The Morgan fingerprint density at radius 2 is 2.25 bits per heavy atom. The fourth-order valence-corrected chi connectivity index (χ4v) is 0.678. The van der Waals surface area contributed by atoms with Gasteiger partial charge in [-0.3, -0.25) is 5.84 Å². The van der Waals surface area contributed by atoms with E-state index in [1.807, 2.05) is 13.8 Å². The highest BCUT2D eigenvalue weighted by molar-refractivity contribution is 7.80. The van der Waals surface area contributed by atoms with Gasteiger partial charge in [-0.05, 0) is 0 Å². The lowest BCUT2D eigenvalue weighted by atomic mass is 10.4. The molecule has 0 spiro atoms. The smallest absolute Gasteiger partial charge is 0.0242 e. The third-order valence-electron chi connectivity index (χ3n) is 0.905. The third kappa shape index (κ3) is 4.43. The molecule has 0 radical (unpaired) electrons. The topological polar surface area (TPSA) is 29.3 Å². The highest BCUT2D eigenvalue weighted by Crippen LogP contribution is 1.92. The number of rotatable bonds is 3. The first-order valence-corrected chi connectivity index (χ1v) is 3.36. The zero-order valence-corrected chi connectivity index (χ0v) is 6.36. The van der Waals surface area contributed by atoms with Gasteiger partial charge in [0.2, 0.25) is 0 Å². The molecule has 0 saturated carbocycles. The van der Waals surface area contributed by atoms with Gasteiger partial charge in [0, 0.05) is 18.3 Å². The second-order valence-electron chi connectivity index (χ2n) is 1.94. The standard InChI is InChI=1S/C5H14N2S/c1-3-7(6)4-5(2)8/h5,8H,3-4,6H2,1-2H3. The van der Waals surface area contributed by atoms with E-state index in [9.17, 15) is 0 Å². The molecule has 0 aromatic carbocycles. The molecule has 3 heteroatoms. The summed E-state index contributed by atoms with van der Waals surface area (Å²) in [5.74, 6) is 5.46. The van der Waals surface area contributed by atoms with Crippen LogP contribution >= 0.6 is 12.6 Å². The molecule has 0 aliphatic carbocycles. The van der Waals surface area contributed by atoms with Crippen molar-refractivity contribution >= 4 is 12.6 Å². The summed E-state index contributed by atoms with van der Waals surface area (Å²) >= 11 is 4.17. The first-order chi connectivity index (χ1) is 3.66. The molecule has 0 aliphatic heterocycles. The quantitative estimate of drug-likeness (QED) is 0.334. The van der Waals surface area contributed by atoms with Crippen molar-refractivity contribution in [3.05, 3.63) is 0 Å². The molecule has 1 atom stereocenters. The fraction of sp³-hybridized carbons (Fsp3) is 1.00. The van der Waals surface area contributed by atoms with E-state index >= 15 is 0 Å². The highest BCUT2D eigenvalue weighted by atomic mass is 32.1. The van der Waals surface area contributed by atoms with E-state index in [0.29, 0.717) is 5.25 Å². The molecule has 0 bridgehead atoms. The highest BCUT2D eigenvalue weighted by Gasteiger charge is 1.97. The second kappa shape index (κ2) is 4.18. The number of hydrogen-bond donors (Lipinski definition) is 2. The summed E-state index contributed by atoms with van der Waals surface area (Å²) in [4.78, 5) is 0. The van der Waals surface area contributed by atoms with E-state index in [1.165, 1.54) is 0 Å². The van der Waals surface area contributed by atoms with Crippen molar-refractivity contribution in [3.63, 3.8) is 0 Å². The number of nitrogens with zero attached hydrogens (tertiary/aromatic N) is 1. The molecule has 0 aromatic heterocycles. The van der Waals surface area contributed by atoms with Crippen LogP contribution in [-0.4, -0.2) is 23.3 Å². The lowest BCUT2D eigenvalue weighted by Gasteiger charge is -2.14. The maximum absolute atomic E-state index is 5.46. The molecule has 0 fully saturated rings. The first kappa shape index (κ1) is 8.27. The van der Waals surface area contributed by atoms with Crippen LogP contribution in [0, 0.1) is 0 Å². The van der Waals surface area contributed by atoms with Crippen molar-refractivity contribution < 1.29 is 0 Å². The van der Waals surface area contributed by atoms with Gasteiger partial charge < -0.3 is 0 Å². The lowest BCUT2D eigenvalue weighted by molar-refractivity contribution is 0.304. The summed E-state index contributed by atoms with van der Waals surface area (Å²) in [6, 6.07) is 0. The van der Waals surface area contributed by atoms with Crippen molar-refractivity contribution in [2.45, 2.75) is 19.1 Å². The van der Waals surface area contributed by atoms with Crippen LogP contribution in [0.1, 0.15) is 13.8 Å². The summed E-state index contributed by atoms with van der Waals surface area (Å²) in [6.07, 6.45) is 0. The Labute approximate surface area is 56.4 Å². The van der Waals surface area contributed by atoms with Gasteiger partial charge in [-0.1, -0.05) is 13.8 Å². The van der Waals surface area contributed by atoms with Crippen molar-refractivity contribution in [2.75, 3.05) is 13.1 Å². The molecule has 0 saturated heterocycles. The van der Waals surface area contributed by atoms with Crippen LogP contribution in [0.4, 0.5) is 0 Å². The third-order valence-corrected chi connectivity index (χ3v) is 1.07. The molecule has 0 rings (SSSR count). The van der Waals surface area contributed by atoms with Gasteiger partial charge in [0.1, 0.15) is 0 Å². The van der Waals surface area contributed by atoms with Crippen LogP contribution in [0.5, 0.6) is 0 Å². The van der Waals surface area contributed by atoms with Gasteiger partial charge in [-0.15, -0.1) is 0 Å². The first-order valence-electron chi connectivity index (χ1n) is 2.84. The van der Waals surface area contributed by atoms with Crippen molar-refractivity contribution in [1.82, 2.24) is 5.01 Å². The Hall–Kier alpha value is 0.270. The summed E-state index contributed by atoms with van der Waals surface area (Å²) in [5.41, 5.74) is 0. The van der Waals surface area contributed by atoms with E-state index in [1.54, 1.807) is 5.01 Å². The van der Waals surface area contributed by atoms with Crippen LogP contribution in [0.2, 0.25) is 0 Å². The largest absolute Gasteiger partial charge is 0.269 e. The van der Waals surface area contributed by atoms with E-state index < -0.39 is 0 Å². The Morgan fingerprint density at radius 1 is 1.75 bits per heavy atom. The Bertz CT molecular complexity index is 56.4. The molecule has 2 N–H and O–H groups in total. The molecule has 0 aliphatic rings. The number of hydrogen-bond acceptors (Lipinski definition) is 3. The number of hydrazine groups is 1. The lowest BCUT2D eigenvalue weighted by Crippen LogP contribution is -2.34. The summed E-state index contributed by atoms with van der Waals surface area (Å²) in [5, 5.41) is 2.12. The Morgan fingerprint density at radius 3 is 2.38 bits per heavy atom. The van der Waals surface area contributed by atoms with Crippen molar-refractivity contribution in [3.8, 4) is 0 Å². The van der Waals surface area contributed by atoms with Crippen molar-refractivity contribution in [1.29, 1.82) is 0 Å². The molecular weight excluding hydrogens is 120 g/mol. The van der Waals surface area contributed by atoms with E-state index in [4.69, 9.17) is 5.84 Å². The minimum absolute atomic E-state index is 0.375. The fourth-order valence-electron chi connectivity index (χ4n) is 0.468. The zero-order chi connectivity index (χ0) is 6.57. The zero-order valence-electron chi connectivity index (χ0n) is 5.46. The molecule has 0 aromatic rings. The van der Waals surface area contributed by atoms with E-state index in [0.717, 1.165) is 13.1 Å². The van der Waals surface area contributed by atoms with Gasteiger partial charge in [0.05, 0.1) is 0 Å². The van der Waals surface area contributed by atoms with Crippen LogP contribution in [-0.2, 0) is 0 Å². The predicted molar refractivity (Wildman–Crippen MR) is 39.9 cm³/mol. The monoisotopic (exact) mass is 134 g/mol. The molecule has 50 valence electrons. The molecule has 0 amide bonds. The summed E-state index contributed by atoms with van der Waals surface area (Å²) in [6.45, 7) is 5.80. The molecular formula is C5H14N2S. The molecule has 2 nitrogen and oxygen atoms in total. The average Bonchev–Trinajstić information content (AvgIpc) is 1.65. The Kier molecular flexibility index (Phi) is 4.32. The van der Waals surface area contributed by atoms with Gasteiger partial charge in [0.15, 0.2) is 0 Å². The van der Waals surface area contributed by atoms with Gasteiger partial charge in [-0.2, -0.15) is 12.6 Å². The molecule has 8 heavy (non-hydrogen) atoms. The van der Waals surface area contributed by atoms with Crippen LogP contribution in [0.25, 0.3) is 0 Å². The van der Waals surface area contributed by atoms with Crippen molar-refractivity contribution in [2.24, 2.45) is 5.84 Å². The Balaban J connectivity index is 3.10. The number of thiol groups is 1. The molecule has 0 heterocycles. The second-order valence-corrected chi connectivity index (χ2v) is 2.82. The van der Waals surface area contributed by atoms with E-state index in [-0.39, 0.29) is 0 Å².